The second-order valence-corrected chi connectivity index (χ2v) is 6.65. The van der Waals surface area contributed by atoms with Crippen molar-refractivity contribution in [2.75, 3.05) is 13.1 Å². The van der Waals surface area contributed by atoms with E-state index in [2.05, 4.69) is 65.7 Å². The predicted molar refractivity (Wildman–Crippen MR) is 95.9 cm³/mol. The van der Waals surface area contributed by atoms with Gasteiger partial charge >= 0.3 is 0 Å². The van der Waals surface area contributed by atoms with E-state index in [1.807, 2.05) is 12.1 Å². The highest BCUT2D eigenvalue weighted by Gasteiger charge is 2.24. The van der Waals surface area contributed by atoms with Gasteiger partial charge in [0.05, 0.1) is 23.6 Å². The molecule has 0 amide bonds. The standard InChI is InChI=1S/C20H23N3O/c1-15-12-22(13-16(2)24-15)14-18-20(17-8-4-3-5-9-17)21-19-10-6-7-11-23(18)19/h3-11,15-16H,12-14H2,1-2H3/t15-,16+. The maximum Gasteiger partial charge on any atom is 0.137 e. The third-order valence-corrected chi connectivity index (χ3v) is 4.54. The number of fused-ring (bicyclic) bond motifs is 1. The molecule has 0 N–H and O–H groups in total. The van der Waals surface area contributed by atoms with Crippen LogP contribution in [-0.2, 0) is 11.3 Å². The SMILES string of the molecule is C[C@@H]1CN(Cc2c(-c3ccccc3)nc3ccccn23)C[C@H](C)O1. The summed E-state index contributed by atoms with van der Waals surface area (Å²) in [4.78, 5) is 7.37. The highest BCUT2D eigenvalue weighted by Crippen LogP contribution is 2.26. The lowest BCUT2D eigenvalue weighted by Crippen LogP contribution is -2.45. The van der Waals surface area contributed by atoms with Crippen LogP contribution in [-0.4, -0.2) is 39.6 Å². The third-order valence-electron chi connectivity index (χ3n) is 4.54. The summed E-state index contributed by atoms with van der Waals surface area (Å²) >= 11 is 0. The van der Waals surface area contributed by atoms with Crippen LogP contribution in [0.2, 0.25) is 0 Å². The van der Waals surface area contributed by atoms with Crippen molar-refractivity contribution in [1.82, 2.24) is 14.3 Å². The van der Waals surface area contributed by atoms with E-state index in [0.717, 1.165) is 31.0 Å². The molecule has 1 aliphatic heterocycles. The van der Waals surface area contributed by atoms with Crippen LogP contribution in [0.15, 0.2) is 54.7 Å². The summed E-state index contributed by atoms with van der Waals surface area (Å²) < 4.78 is 8.09. The molecule has 1 fully saturated rings. The first kappa shape index (κ1) is 15.4. The van der Waals surface area contributed by atoms with Gasteiger partial charge in [0.1, 0.15) is 5.65 Å². The summed E-state index contributed by atoms with van der Waals surface area (Å²) in [5, 5.41) is 0. The highest BCUT2D eigenvalue weighted by atomic mass is 16.5. The summed E-state index contributed by atoms with van der Waals surface area (Å²) in [5.41, 5.74) is 4.50. The Morgan fingerprint density at radius 1 is 1.00 bits per heavy atom. The van der Waals surface area contributed by atoms with Crippen molar-refractivity contribution >= 4 is 5.65 Å². The molecule has 3 aromatic rings. The van der Waals surface area contributed by atoms with E-state index in [-0.39, 0.29) is 12.2 Å². The molecule has 4 nitrogen and oxygen atoms in total. The molecule has 4 heteroatoms. The number of pyridine rings is 1. The lowest BCUT2D eigenvalue weighted by atomic mass is 10.1. The molecule has 0 aliphatic carbocycles. The van der Waals surface area contributed by atoms with Gasteiger partial charge in [0.2, 0.25) is 0 Å². The molecule has 24 heavy (non-hydrogen) atoms. The Labute approximate surface area is 142 Å². The molecule has 0 bridgehead atoms. The fraction of sp³-hybridized carbons (Fsp3) is 0.350. The number of hydrogen-bond donors (Lipinski definition) is 0. The molecule has 0 spiro atoms. The number of ether oxygens (including phenoxy) is 1. The van der Waals surface area contributed by atoms with E-state index in [9.17, 15) is 0 Å². The molecule has 0 unspecified atom stereocenters. The summed E-state index contributed by atoms with van der Waals surface area (Å²) in [7, 11) is 0. The molecule has 0 saturated carbocycles. The Morgan fingerprint density at radius 2 is 1.71 bits per heavy atom. The Bertz CT molecular complexity index is 817. The Balaban J connectivity index is 1.75. The first-order valence-corrected chi connectivity index (χ1v) is 8.60. The molecule has 1 aliphatic rings. The second-order valence-electron chi connectivity index (χ2n) is 6.65. The topological polar surface area (TPSA) is 29.8 Å². The maximum absolute atomic E-state index is 5.87. The zero-order valence-corrected chi connectivity index (χ0v) is 14.2. The largest absolute Gasteiger partial charge is 0.373 e. The number of benzene rings is 1. The van der Waals surface area contributed by atoms with E-state index >= 15 is 0 Å². The van der Waals surface area contributed by atoms with Crippen molar-refractivity contribution in [3.05, 3.63) is 60.4 Å². The van der Waals surface area contributed by atoms with Gasteiger partial charge in [-0.1, -0.05) is 36.4 Å². The summed E-state index contributed by atoms with van der Waals surface area (Å²) in [6.45, 7) is 7.09. The molecule has 1 saturated heterocycles. The summed E-state index contributed by atoms with van der Waals surface area (Å²) in [5.74, 6) is 0. The number of hydrogen-bond acceptors (Lipinski definition) is 3. The van der Waals surface area contributed by atoms with Crippen LogP contribution in [0.5, 0.6) is 0 Å². The number of aromatic nitrogens is 2. The quantitative estimate of drug-likeness (QED) is 0.738. The fourth-order valence-electron chi connectivity index (χ4n) is 3.65. The zero-order valence-electron chi connectivity index (χ0n) is 14.2. The van der Waals surface area contributed by atoms with Gasteiger partial charge in [-0.05, 0) is 26.0 Å². The Kier molecular flexibility index (Phi) is 4.08. The molecule has 4 rings (SSSR count). The van der Waals surface area contributed by atoms with E-state index in [1.54, 1.807) is 0 Å². The maximum atomic E-state index is 5.87. The van der Waals surface area contributed by atoms with Crippen molar-refractivity contribution in [3.63, 3.8) is 0 Å². The van der Waals surface area contributed by atoms with Crippen LogP contribution < -0.4 is 0 Å². The van der Waals surface area contributed by atoms with Crippen LogP contribution in [0.1, 0.15) is 19.5 Å². The van der Waals surface area contributed by atoms with Gasteiger partial charge in [-0.15, -0.1) is 0 Å². The van der Waals surface area contributed by atoms with E-state index in [0.29, 0.717) is 0 Å². The lowest BCUT2D eigenvalue weighted by molar-refractivity contribution is -0.0707. The van der Waals surface area contributed by atoms with Gasteiger partial charge in [0.25, 0.3) is 0 Å². The van der Waals surface area contributed by atoms with Gasteiger partial charge < -0.3 is 9.14 Å². The molecular weight excluding hydrogens is 298 g/mol. The van der Waals surface area contributed by atoms with Crippen LogP contribution in [0.25, 0.3) is 16.9 Å². The van der Waals surface area contributed by atoms with E-state index < -0.39 is 0 Å². The monoisotopic (exact) mass is 321 g/mol. The Hall–Kier alpha value is -2.17. The van der Waals surface area contributed by atoms with Crippen molar-refractivity contribution in [2.45, 2.75) is 32.6 Å². The summed E-state index contributed by atoms with van der Waals surface area (Å²) in [6.07, 6.45) is 2.65. The van der Waals surface area contributed by atoms with Crippen LogP contribution in [0.3, 0.4) is 0 Å². The average molecular weight is 321 g/mol. The third kappa shape index (κ3) is 2.95. The number of nitrogens with zero attached hydrogens (tertiary/aromatic N) is 3. The van der Waals surface area contributed by atoms with Gasteiger partial charge in [-0.3, -0.25) is 4.90 Å². The minimum atomic E-state index is 0.271. The molecular formula is C20H23N3O. The number of rotatable bonds is 3. The van der Waals surface area contributed by atoms with Crippen LogP contribution in [0.4, 0.5) is 0 Å². The smallest absolute Gasteiger partial charge is 0.137 e. The molecule has 3 heterocycles. The first-order valence-electron chi connectivity index (χ1n) is 8.60. The first-order chi connectivity index (χ1) is 11.7. The Morgan fingerprint density at radius 3 is 2.46 bits per heavy atom. The number of imidazole rings is 1. The van der Waals surface area contributed by atoms with Crippen molar-refractivity contribution in [3.8, 4) is 11.3 Å². The van der Waals surface area contributed by atoms with Gasteiger partial charge in [0.15, 0.2) is 0 Å². The highest BCUT2D eigenvalue weighted by molar-refractivity contribution is 5.66. The van der Waals surface area contributed by atoms with Crippen molar-refractivity contribution in [2.24, 2.45) is 0 Å². The number of morpholine rings is 1. The minimum Gasteiger partial charge on any atom is -0.373 e. The normalized spacial score (nSPS) is 22.1. The van der Waals surface area contributed by atoms with Crippen molar-refractivity contribution < 1.29 is 4.74 Å². The van der Waals surface area contributed by atoms with Gasteiger partial charge in [0, 0.05) is 31.4 Å². The van der Waals surface area contributed by atoms with Gasteiger partial charge in [-0.2, -0.15) is 0 Å². The molecule has 2 atom stereocenters. The molecule has 124 valence electrons. The van der Waals surface area contributed by atoms with E-state index in [4.69, 9.17) is 9.72 Å². The van der Waals surface area contributed by atoms with Crippen LogP contribution in [0, 0.1) is 0 Å². The van der Waals surface area contributed by atoms with E-state index in [1.165, 1.54) is 11.3 Å². The molecule has 2 aromatic heterocycles. The summed E-state index contributed by atoms with van der Waals surface area (Å²) in [6, 6.07) is 16.6. The lowest BCUT2D eigenvalue weighted by Gasteiger charge is -2.35. The minimum absolute atomic E-state index is 0.271. The second kappa shape index (κ2) is 6.38. The van der Waals surface area contributed by atoms with Crippen LogP contribution >= 0.6 is 0 Å². The average Bonchev–Trinajstić information content (AvgIpc) is 2.94. The molecule has 1 aromatic carbocycles. The molecule has 0 radical (unpaired) electrons. The zero-order chi connectivity index (χ0) is 16.5. The fourth-order valence-corrected chi connectivity index (χ4v) is 3.65. The van der Waals surface area contributed by atoms with Gasteiger partial charge in [-0.25, -0.2) is 4.98 Å². The predicted octanol–water partition coefficient (Wildman–Crippen LogP) is 3.61. The van der Waals surface area contributed by atoms with Crippen molar-refractivity contribution in [1.29, 1.82) is 0 Å².